The average Bonchev–Trinajstić information content (AvgIpc) is 3.59. The quantitative estimate of drug-likeness (QED) is 0.123. The number of amides is 4. The first-order chi connectivity index (χ1) is 18.7. The number of amidine groups is 1. The van der Waals surface area contributed by atoms with Crippen LogP contribution in [0, 0.1) is 11.8 Å². The Morgan fingerprint density at radius 1 is 1.15 bits per heavy atom. The topological polar surface area (TPSA) is 127 Å². The second-order valence-corrected chi connectivity index (χ2v) is 10.1. The zero-order valence-corrected chi connectivity index (χ0v) is 23.4. The molecule has 0 radical (unpaired) electrons. The zero-order valence-electron chi connectivity index (χ0n) is 22.6. The van der Waals surface area contributed by atoms with Gasteiger partial charge in [0.1, 0.15) is 11.6 Å². The van der Waals surface area contributed by atoms with E-state index in [1.807, 2.05) is 36.6 Å². The molecule has 4 amide bonds. The number of thiophene rings is 1. The van der Waals surface area contributed by atoms with Crippen molar-refractivity contribution in [3.05, 3.63) is 51.7 Å². The molecule has 5 rings (SSSR count). The highest BCUT2D eigenvalue weighted by atomic mass is 32.1. The van der Waals surface area contributed by atoms with Gasteiger partial charge in [0.15, 0.2) is 6.04 Å². The first-order valence-electron chi connectivity index (χ1n) is 12.4. The molecule has 0 saturated carbocycles. The van der Waals surface area contributed by atoms with Crippen molar-refractivity contribution in [3.8, 4) is 17.6 Å². The minimum atomic E-state index is -0.718. The van der Waals surface area contributed by atoms with Crippen LogP contribution in [0.4, 0.5) is 4.79 Å². The van der Waals surface area contributed by atoms with Crippen LogP contribution in [0.25, 0.3) is 0 Å². The van der Waals surface area contributed by atoms with E-state index < -0.39 is 12.1 Å². The summed E-state index contributed by atoms with van der Waals surface area (Å²) in [6.07, 6.45) is 1.14. The fourth-order valence-electron chi connectivity index (χ4n) is 4.00. The van der Waals surface area contributed by atoms with Crippen molar-refractivity contribution in [1.82, 2.24) is 25.3 Å². The molecule has 1 atom stereocenters. The van der Waals surface area contributed by atoms with Gasteiger partial charge in [-0.2, -0.15) is 0 Å². The Bertz CT molecular complexity index is 1250. The lowest BCUT2D eigenvalue weighted by Gasteiger charge is -2.20. The van der Waals surface area contributed by atoms with E-state index in [1.54, 1.807) is 25.1 Å². The predicted octanol–water partition coefficient (Wildman–Crippen LogP) is 2.02. The van der Waals surface area contributed by atoms with Crippen molar-refractivity contribution >= 4 is 35.0 Å². The molecule has 39 heavy (non-hydrogen) atoms. The number of likely N-dealkylation sites (N-methyl/N-ethyl adjacent to an activating group) is 1. The number of carbonyl (C=O) groups excluding carboxylic acids is 3. The van der Waals surface area contributed by atoms with Crippen molar-refractivity contribution in [1.29, 1.82) is 0 Å². The van der Waals surface area contributed by atoms with Crippen molar-refractivity contribution < 1.29 is 24.3 Å². The molecule has 12 heteroatoms. The summed E-state index contributed by atoms with van der Waals surface area (Å²) in [7, 11) is 5.52. The Hall–Kier alpha value is -4.08. The lowest BCUT2D eigenvalue weighted by atomic mass is 10.1. The Kier molecular flexibility index (Phi) is 10.7. The summed E-state index contributed by atoms with van der Waals surface area (Å²) in [5.74, 6) is 6.64. The molecule has 2 aromatic rings. The van der Waals surface area contributed by atoms with Gasteiger partial charge in [-0.05, 0) is 56.1 Å². The van der Waals surface area contributed by atoms with Crippen LogP contribution in [0.15, 0.2) is 40.9 Å². The number of nitrogens with zero attached hydrogens (tertiary/aromatic N) is 4. The number of hydrogen-bond acceptors (Lipinski definition) is 8. The summed E-state index contributed by atoms with van der Waals surface area (Å²) in [5, 5.41) is 18.2. The molecule has 2 fully saturated rings. The lowest BCUT2D eigenvalue weighted by Crippen LogP contribution is -2.32. The molecule has 1 aromatic carbocycles. The number of nitrogens with one attached hydrogen (secondary N) is 2. The van der Waals surface area contributed by atoms with Gasteiger partial charge in [-0.3, -0.25) is 14.9 Å². The fourth-order valence-corrected chi connectivity index (χ4v) is 4.58. The second-order valence-electron chi connectivity index (χ2n) is 9.12. The van der Waals surface area contributed by atoms with E-state index in [9.17, 15) is 14.4 Å². The molecule has 3 N–H and O–H groups in total. The third-order valence-corrected chi connectivity index (χ3v) is 7.04. The van der Waals surface area contributed by atoms with E-state index in [0.717, 1.165) is 60.2 Å². The number of imide groups is 1. The molecule has 3 aliphatic rings. The molecule has 0 bridgehead atoms. The van der Waals surface area contributed by atoms with Crippen LogP contribution in [0.5, 0.6) is 5.75 Å². The molecule has 0 spiro atoms. The summed E-state index contributed by atoms with van der Waals surface area (Å²) < 4.78 is 5.05. The van der Waals surface area contributed by atoms with Crippen molar-refractivity contribution in [2.75, 3.05) is 47.4 Å². The highest BCUT2D eigenvalue weighted by molar-refractivity contribution is 7.10. The van der Waals surface area contributed by atoms with Crippen LogP contribution in [0.2, 0.25) is 0 Å². The van der Waals surface area contributed by atoms with Gasteiger partial charge in [-0.25, -0.2) is 4.79 Å². The van der Waals surface area contributed by atoms with E-state index in [-0.39, 0.29) is 11.8 Å². The summed E-state index contributed by atoms with van der Waals surface area (Å²) >= 11 is 1.49. The SMILES string of the molecule is C/C(=N\O)N1CCCN(C)CC1.COc1ccc2c(c1)C(=O)N(C)C2.O=C1NC(=O)[C@H](C#Cc2cccs2)N1. The third kappa shape index (κ3) is 8.46. The van der Waals surface area contributed by atoms with Gasteiger partial charge in [0.25, 0.3) is 11.8 Å². The van der Waals surface area contributed by atoms with Gasteiger partial charge in [-0.1, -0.05) is 29.1 Å². The van der Waals surface area contributed by atoms with Crippen LogP contribution in [-0.2, 0) is 11.3 Å². The molecule has 1 aromatic heterocycles. The Morgan fingerprint density at radius 3 is 2.59 bits per heavy atom. The van der Waals surface area contributed by atoms with E-state index in [0.29, 0.717) is 6.54 Å². The molecule has 3 aliphatic heterocycles. The molecule has 0 aliphatic carbocycles. The van der Waals surface area contributed by atoms with Crippen molar-refractivity contribution in [3.63, 3.8) is 0 Å². The minimum Gasteiger partial charge on any atom is -0.497 e. The largest absolute Gasteiger partial charge is 0.497 e. The van der Waals surface area contributed by atoms with Crippen LogP contribution in [-0.4, -0.2) is 97.0 Å². The van der Waals surface area contributed by atoms with Crippen LogP contribution >= 0.6 is 11.3 Å². The number of oxime groups is 1. The smallest absolute Gasteiger partial charge is 0.322 e. The molecule has 2 saturated heterocycles. The number of hydrogen-bond donors (Lipinski definition) is 3. The van der Waals surface area contributed by atoms with Crippen molar-refractivity contribution in [2.45, 2.75) is 25.9 Å². The number of rotatable bonds is 1. The zero-order chi connectivity index (χ0) is 28.4. The molecule has 4 heterocycles. The predicted molar refractivity (Wildman–Crippen MR) is 149 cm³/mol. The van der Waals surface area contributed by atoms with E-state index >= 15 is 0 Å². The van der Waals surface area contributed by atoms with Gasteiger partial charge in [0.2, 0.25) is 0 Å². The van der Waals surface area contributed by atoms with Crippen LogP contribution in [0.1, 0.15) is 34.1 Å². The van der Waals surface area contributed by atoms with Gasteiger partial charge >= 0.3 is 6.03 Å². The maximum absolute atomic E-state index is 11.5. The number of benzene rings is 1. The number of fused-ring (bicyclic) bond motifs is 1. The van der Waals surface area contributed by atoms with E-state index in [2.05, 4.69) is 44.5 Å². The van der Waals surface area contributed by atoms with Gasteiger partial charge in [0, 0.05) is 38.8 Å². The maximum Gasteiger partial charge on any atom is 0.322 e. The summed E-state index contributed by atoms with van der Waals surface area (Å²) in [4.78, 5) is 40.3. The Labute approximate surface area is 232 Å². The second kappa shape index (κ2) is 14.2. The van der Waals surface area contributed by atoms with Gasteiger partial charge in [0.05, 0.1) is 12.0 Å². The third-order valence-electron chi connectivity index (χ3n) is 6.26. The molecule has 208 valence electrons. The van der Waals surface area contributed by atoms with E-state index in [4.69, 9.17) is 9.94 Å². The van der Waals surface area contributed by atoms with Crippen LogP contribution < -0.4 is 15.4 Å². The summed E-state index contributed by atoms with van der Waals surface area (Å²) in [5.41, 5.74) is 1.84. The number of methoxy groups -OCH3 is 1. The highest BCUT2D eigenvalue weighted by Crippen LogP contribution is 2.25. The highest BCUT2D eigenvalue weighted by Gasteiger charge is 2.27. The standard InChI is InChI=1S/C10H11NO2.C9H6N2O2S.C8H17N3O/c1-11-6-7-3-4-8(13-2)5-9(7)10(11)12;12-8-7(10-9(13)11-8)4-3-6-2-1-5-14-6;1-8(9-12)11-5-3-4-10(2)6-7-11/h3-5H,6H2,1-2H3;1-2,5,7H,(H2,10,11,12,13);12H,3-7H2,1-2H3/b;;9-8+/t;7-;/m.0./s1. The number of carbonyl (C=O) groups is 3. The Morgan fingerprint density at radius 2 is 1.95 bits per heavy atom. The van der Waals surface area contributed by atoms with E-state index in [1.165, 1.54) is 11.3 Å². The number of ether oxygens (including phenoxy) is 1. The normalized spacial score (nSPS) is 18.8. The molecular formula is C27H34N6O5S. The lowest BCUT2D eigenvalue weighted by molar-refractivity contribution is -0.119. The number of urea groups is 1. The average molecular weight is 555 g/mol. The van der Waals surface area contributed by atoms with Gasteiger partial charge < -0.3 is 30.0 Å². The maximum atomic E-state index is 11.5. The molecular weight excluding hydrogens is 520 g/mol. The van der Waals surface area contributed by atoms with Crippen LogP contribution in [0.3, 0.4) is 0 Å². The first kappa shape index (κ1) is 29.5. The first-order valence-corrected chi connectivity index (χ1v) is 13.3. The summed E-state index contributed by atoms with van der Waals surface area (Å²) in [6.45, 7) is 6.69. The monoisotopic (exact) mass is 554 g/mol. The fraction of sp³-hybridized carbons (Fsp3) is 0.407. The molecule has 0 unspecified atom stereocenters. The van der Waals surface area contributed by atoms with Gasteiger partial charge in [-0.15, -0.1) is 11.3 Å². The minimum absolute atomic E-state index is 0.0777. The van der Waals surface area contributed by atoms with Crippen molar-refractivity contribution in [2.24, 2.45) is 5.16 Å². The molecule has 11 nitrogen and oxygen atoms in total. The summed E-state index contributed by atoms with van der Waals surface area (Å²) in [6, 6.07) is 8.14. The Balaban J connectivity index is 0.000000162.